The summed E-state index contributed by atoms with van der Waals surface area (Å²) in [5.74, 6) is -1.11. The summed E-state index contributed by atoms with van der Waals surface area (Å²) in [4.78, 5) is 24.6. The molecular weight excluding hydrogens is 306 g/mol. The summed E-state index contributed by atoms with van der Waals surface area (Å²) in [7, 11) is 0. The maximum absolute atomic E-state index is 12.4. The van der Waals surface area contributed by atoms with Crippen LogP contribution in [0.5, 0.6) is 0 Å². The molecule has 1 amide bonds. The van der Waals surface area contributed by atoms with Crippen LogP contribution in [0.1, 0.15) is 34.5 Å². The van der Waals surface area contributed by atoms with Crippen molar-refractivity contribution in [2.24, 2.45) is 0 Å². The maximum Gasteiger partial charge on any atom is 0.331 e. The summed E-state index contributed by atoms with van der Waals surface area (Å²) in [5, 5.41) is 13.1. The Morgan fingerprint density at radius 2 is 1.83 bits per heavy atom. The summed E-state index contributed by atoms with van der Waals surface area (Å²) < 4.78 is 4.99. The van der Waals surface area contributed by atoms with Gasteiger partial charge >= 0.3 is 5.97 Å². The second-order valence-corrected chi connectivity index (χ2v) is 5.43. The first-order valence-corrected chi connectivity index (χ1v) is 7.80. The van der Waals surface area contributed by atoms with E-state index in [0.29, 0.717) is 11.1 Å². The van der Waals surface area contributed by atoms with Crippen molar-refractivity contribution in [1.29, 1.82) is 0 Å². The Labute approximate surface area is 141 Å². The average molecular weight is 327 g/mol. The molecule has 0 fully saturated rings. The highest BCUT2D eigenvalue weighted by molar-refractivity contribution is 5.97. The Bertz CT molecular complexity index is 700. The van der Waals surface area contributed by atoms with Gasteiger partial charge in [-0.05, 0) is 31.5 Å². The fourth-order valence-electron chi connectivity index (χ4n) is 2.35. The number of nitrogens with one attached hydrogen (secondary N) is 1. The lowest BCUT2D eigenvalue weighted by Crippen LogP contribution is -2.46. The molecule has 0 aromatic heterocycles. The van der Waals surface area contributed by atoms with Gasteiger partial charge in [0.05, 0.1) is 6.61 Å². The number of aliphatic hydroxyl groups excluding tert-OH is 1. The van der Waals surface area contributed by atoms with Crippen LogP contribution in [-0.2, 0) is 9.53 Å². The molecule has 0 saturated carbocycles. The SMILES string of the molecule is CCOC(=O)C(NC(=O)c1cccc(C)c1)C(O)c1ccccc1. The number of carbonyl (C=O) groups is 2. The van der Waals surface area contributed by atoms with Gasteiger partial charge < -0.3 is 15.2 Å². The van der Waals surface area contributed by atoms with Crippen molar-refractivity contribution < 1.29 is 19.4 Å². The normalized spacial score (nSPS) is 13.0. The molecule has 0 spiro atoms. The van der Waals surface area contributed by atoms with E-state index in [2.05, 4.69) is 5.32 Å². The van der Waals surface area contributed by atoms with Gasteiger partial charge in [0.25, 0.3) is 5.91 Å². The van der Waals surface area contributed by atoms with E-state index in [1.54, 1.807) is 55.5 Å². The van der Waals surface area contributed by atoms with Crippen molar-refractivity contribution >= 4 is 11.9 Å². The number of benzene rings is 2. The number of aliphatic hydroxyl groups is 1. The highest BCUT2D eigenvalue weighted by atomic mass is 16.5. The Kier molecular flexibility index (Phi) is 6.09. The van der Waals surface area contributed by atoms with Gasteiger partial charge in [0.15, 0.2) is 6.04 Å². The van der Waals surface area contributed by atoms with Gasteiger partial charge in [0.2, 0.25) is 0 Å². The van der Waals surface area contributed by atoms with Crippen molar-refractivity contribution in [3.05, 3.63) is 71.3 Å². The first-order valence-electron chi connectivity index (χ1n) is 7.80. The molecule has 2 aromatic carbocycles. The van der Waals surface area contributed by atoms with E-state index in [1.807, 2.05) is 13.0 Å². The molecule has 5 nitrogen and oxygen atoms in total. The van der Waals surface area contributed by atoms with Crippen LogP contribution in [0, 0.1) is 6.92 Å². The van der Waals surface area contributed by atoms with Crippen LogP contribution in [0.2, 0.25) is 0 Å². The summed E-state index contributed by atoms with van der Waals surface area (Å²) in [6.45, 7) is 3.71. The van der Waals surface area contributed by atoms with Crippen LogP contribution in [0.25, 0.3) is 0 Å². The predicted molar refractivity (Wildman–Crippen MR) is 90.5 cm³/mol. The van der Waals surface area contributed by atoms with E-state index in [1.165, 1.54) is 0 Å². The number of carbonyl (C=O) groups excluding carboxylic acids is 2. The molecule has 0 saturated heterocycles. The Morgan fingerprint density at radius 3 is 2.46 bits per heavy atom. The first-order chi connectivity index (χ1) is 11.5. The maximum atomic E-state index is 12.4. The van der Waals surface area contributed by atoms with E-state index in [-0.39, 0.29) is 6.61 Å². The van der Waals surface area contributed by atoms with Crippen molar-refractivity contribution in [3.63, 3.8) is 0 Å². The van der Waals surface area contributed by atoms with Crippen LogP contribution in [0.3, 0.4) is 0 Å². The zero-order valence-corrected chi connectivity index (χ0v) is 13.7. The average Bonchev–Trinajstić information content (AvgIpc) is 2.59. The molecule has 0 aliphatic rings. The van der Waals surface area contributed by atoms with Gasteiger partial charge in [-0.2, -0.15) is 0 Å². The van der Waals surface area contributed by atoms with Gasteiger partial charge in [0, 0.05) is 5.56 Å². The molecule has 2 N–H and O–H groups in total. The number of hydrogen-bond donors (Lipinski definition) is 2. The highest BCUT2D eigenvalue weighted by Crippen LogP contribution is 2.18. The van der Waals surface area contributed by atoms with Crippen LogP contribution in [-0.4, -0.2) is 29.6 Å². The van der Waals surface area contributed by atoms with Crippen LogP contribution < -0.4 is 5.32 Å². The molecule has 2 rings (SSSR count). The minimum atomic E-state index is -1.20. The van der Waals surface area contributed by atoms with E-state index in [9.17, 15) is 14.7 Å². The monoisotopic (exact) mass is 327 g/mol. The molecule has 0 bridgehead atoms. The number of hydrogen-bond acceptors (Lipinski definition) is 4. The lowest BCUT2D eigenvalue weighted by atomic mass is 10.0. The van der Waals surface area contributed by atoms with E-state index in [0.717, 1.165) is 5.56 Å². The zero-order chi connectivity index (χ0) is 17.5. The zero-order valence-electron chi connectivity index (χ0n) is 13.7. The van der Waals surface area contributed by atoms with E-state index in [4.69, 9.17) is 4.74 Å². The number of aryl methyl sites for hydroxylation is 1. The summed E-state index contributed by atoms with van der Waals surface area (Å²) >= 11 is 0. The molecule has 0 aliphatic carbocycles. The lowest BCUT2D eigenvalue weighted by Gasteiger charge is -2.23. The Hall–Kier alpha value is -2.66. The fraction of sp³-hybridized carbons (Fsp3) is 0.263. The van der Waals surface area contributed by atoms with Gasteiger partial charge in [-0.1, -0.05) is 48.0 Å². The predicted octanol–water partition coefficient (Wildman–Crippen LogP) is 2.39. The lowest BCUT2D eigenvalue weighted by molar-refractivity contribution is -0.148. The van der Waals surface area contributed by atoms with Crippen LogP contribution >= 0.6 is 0 Å². The molecule has 2 unspecified atom stereocenters. The molecule has 5 heteroatoms. The standard InChI is InChI=1S/C19H21NO4/c1-3-24-19(23)16(17(21)14-9-5-4-6-10-14)20-18(22)15-11-7-8-13(2)12-15/h4-12,16-17,21H,3H2,1-2H3,(H,20,22). The molecule has 0 aliphatic heterocycles. The summed E-state index contributed by atoms with van der Waals surface area (Å²) in [6.07, 6.45) is -1.20. The smallest absolute Gasteiger partial charge is 0.331 e. The third-order valence-corrected chi connectivity index (χ3v) is 3.56. The first kappa shape index (κ1) is 17.7. The largest absolute Gasteiger partial charge is 0.464 e. The quantitative estimate of drug-likeness (QED) is 0.799. The minimum Gasteiger partial charge on any atom is -0.464 e. The highest BCUT2D eigenvalue weighted by Gasteiger charge is 2.31. The summed E-state index contributed by atoms with van der Waals surface area (Å²) in [6, 6.07) is 14.5. The van der Waals surface area contributed by atoms with Crippen LogP contribution in [0.4, 0.5) is 0 Å². The van der Waals surface area contributed by atoms with E-state index < -0.39 is 24.0 Å². The van der Waals surface area contributed by atoms with E-state index >= 15 is 0 Å². The van der Waals surface area contributed by atoms with Crippen molar-refractivity contribution in [2.45, 2.75) is 26.0 Å². The van der Waals surface area contributed by atoms with Gasteiger partial charge in [-0.25, -0.2) is 4.79 Å². The molecular formula is C19H21NO4. The molecule has 2 aromatic rings. The third-order valence-electron chi connectivity index (χ3n) is 3.56. The second-order valence-electron chi connectivity index (χ2n) is 5.43. The van der Waals surface area contributed by atoms with Crippen molar-refractivity contribution in [1.82, 2.24) is 5.32 Å². The van der Waals surface area contributed by atoms with Crippen LogP contribution in [0.15, 0.2) is 54.6 Å². The van der Waals surface area contributed by atoms with Gasteiger partial charge in [-0.15, -0.1) is 0 Å². The molecule has 0 radical (unpaired) electrons. The van der Waals surface area contributed by atoms with Crippen molar-refractivity contribution in [3.8, 4) is 0 Å². The topological polar surface area (TPSA) is 75.6 Å². The number of esters is 1. The molecule has 24 heavy (non-hydrogen) atoms. The molecule has 126 valence electrons. The summed E-state index contributed by atoms with van der Waals surface area (Å²) in [5.41, 5.74) is 1.88. The van der Waals surface area contributed by atoms with Crippen molar-refractivity contribution in [2.75, 3.05) is 6.61 Å². The molecule has 2 atom stereocenters. The number of rotatable bonds is 6. The fourth-order valence-corrected chi connectivity index (χ4v) is 2.35. The minimum absolute atomic E-state index is 0.164. The second kappa shape index (κ2) is 8.26. The van der Waals surface area contributed by atoms with Gasteiger partial charge in [-0.3, -0.25) is 4.79 Å². The molecule has 0 heterocycles. The Morgan fingerprint density at radius 1 is 1.12 bits per heavy atom. The number of ether oxygens (including phenoxy) is 1. The number of amides is 1. The van der Waals surface area contributed by atoms with Gasteiger partial charge in [0.1, 0.15) is 6.10 Å². The third kappa shape index (κ3) is 4.43. The Balaban J connectivity index is 2.23.